The maximum atomic E-state index is 9.71. The molecular weight excluding hydrogens is 354 g/mol. The Morgan fingerprint density at radius 1 is 1.42 bits per heavy atom. The zero-order valence-electron chi connectivity index (χ0n) is 14.8. The largest absolute Gasteiger partial charge is 0.493 e. The van der Waals surface area contributed by atoms with Crippen LogP contribution in [-0.4, -0.2) is 25.3 Å². The number of nitrogens with two attached hydrogens (primary N) is 1. The highest BCUT2D eigenvalue weighted by molar-refractivity contribution is 6.31. The van der Waals surface area contributed by atoms with Crippen LogP contribution in [0.5, 0.6) is 11.5 Å². The maximum absolute atomic E-state index is 9.71. The van der Waals surface area contributed by atoms with Gasteiger partial charge in [-0.2, -0.15) is 5.26 Å². The van der Waals surface area contributed by atoms with Gasteiger partial charge < -0.3 is 19.9 Å². The molecule has 1 aliphatic rings. The first-order valence-corrected chi connectivity index (χ1v) is 8.78. The van der Waals surface area contributed by atoms with E-state index in [9.17, 15) is 5.26 Å². The van der Waals surface area contributed by atoms with Crippen LogP contribution in [0.1, 0.15) is 30.2 Å². The molecule has 0 amide bonds. The fourth-order valence-electron chi connectivity index (χ4n) is 3.07. The molecule has 1 aliphatic heterocycles. The van der Waals surface area contributed by atoms with Gasteiger partial charge >= 0.3 is 0 Å². The molecular formula is C19H20ClN3O3. The smallest absolute Gasteiger partial charge is 0.169 e. The number of rotatable bonds is 5. The van der Waals surface area contributed by atoms with Crippen LogP contribution in [0.15, 0.2) is 12.1 Å². The Kier molecular flexibility index (Phi) is 5.50. The number of nitrogen functional groups attached to an aromatic ring is 1. The quantitative estimate of drug-likeness (QED) is 0.858. The van der Waals surface area contributed by atoms with Gasteiger partial charge in [-0.15, -0.1) is 0 Å². The summed E-state index contributed by atoms with van der Waals surface area (Å²) in [5, 5.41) is 10.2. The first-order valence-electron chi connectivity index (χ1n) is 8.40. The first-order chi connectivity index (χ1) is 12.6. The molecule has 0 bridgehead atoms. The predicted molar refractivity (Wildman–Crippen MR) is 99.5 cm³/mol. The van der Waals surface area contributed by atoms with Crippen LogP contribution in [0.25, 0.3) is 11.1 Å². The summed E-state index contributed by atoms with van der Waals surface area (Å²) in [6.45, 7) is 3.45. The lowest BCUT2D eigenvalue weighted by atomic mass is 9.92. The maximum Gasteiger partial charge on any atom is 0.169 e. The zero-order valence-corrected chi connectivity index (χ0v) is 15.5. The number of nitrogens with zero attached hydrogens (tertiary/aromatic N) is 2. The van der Waals surface area contributed by atoms with Gasteiger partial charge in [-0.05, 0) is 12.5 Å². The van der Waals surface area contributed by atoms with Crippen molar-refractivity contribution in [3.8, 4) is 28.7 Å². The summed E-state index contributed by atoms with van der Waals surface area (Å²) in [6.07, 6.45) is 1.47. The average Bonchev–Trinajstić information content (AvgIpc) is 2.65. The summed E-state index contributed by atoms with van der Waals surface area (Å²) < 4.78 is 17.0. The Morgan fingerprint density at radius 2 is 2.23 bits per heavy atom. The number of hydrogen-bond donors (Lipinski definition) is 1. The van der Waals surface area contributed by atoms with Crippen LogP contribution in [0.3, 0.4) is 0 Å². The van der Waals surface area contributed by atoms with Gasteiger partial charge in [0.15, 0.2) is 11.5 Å². The lowest BCUT2D eigenvalue weighted by Gasteiger charge is -2.23. The summed E-state index contributed by atoms with van der Waals surface area (Å²) in [7, 11) is 1.55. The fourth-order valence-corrected chi connectivity index (χ4v) is 3.27. The monoisotopic (exact) mass is 373 g/mol. The summed E-state index contributed by atoms with van der Waals surface area (Å²) in [5.74, 6) is 1.24. The molecule has 2 heterocycles. The van der Waals surface area contributed by atoms with Crippen LogP contribution in [0, 0.1) is 11.3 Å². The Balaban J connectivity index is 2.34. The predicted octanol–water partition coefficient (Wildman–Crippen LogP) is 3.73. The van der Waals surface area contributed by atoms with Crippen molar-refractivity contribution in [3.63, 3.8) is 0 Å². The number of anilines is 1. The van der Waals surface area contributed by atoms with Gasteiger partial charge in [0.2, 0.25) is 0 Å². The van der Waals surface area contributed by atoms with Crippen molar-refractivity contribution in [2.75, 3.05) is 26.1 Å². The van der Waals surface area contributed by atoms with Gasteiger partial charge in [-0.25, -0.2) is 4.98 Å². The molecule has 0 unspecified atom stereocenters. The molecule has 2 N–H and O–H groups in total. The fraction of sp³-hybridized carbons (Fsp3) is 0.368. The third-order valence-corrected chi connectivity index (χ3v) is 4.43. The van der Waals surface area contributed by atoms with E-state index in [1.807, 2.05) is 6.92 Å². The zero-order chi connectivity index (χ0) is 18.7. The molecule has 0 atom stereocenters. The number of methoxy groups -OCH3 is 1. The topological polar surface area (TPSA) is 90.4 Å². The molecule has 0 saturated heterocycles. The van der Waals surface area contributed by atoms with Crippen molar-refractivity contribution in [3.05, 3.63) is 34.0 Å². The summed E-state index contributed by atoms with van der Waals surface area (Å²) in [4.78, 5) is 4.40. The minimum Gasteiger partial charge on any atom is -0.493 e. The first kappa shape index (κ1) is 18.3. The second kappa shape index (κ2) is 7.81. The number of hydrogen-bond acceptors (Lipinski definition) is 6. The molecule has 136 valence electrons. The van der Waals surface area contributed by atoms with Crippen molar-refractivity contribution in [1.82, 2.24) is 4.98 Å². The summed E-state index contributed by atoms with van der Waals surface area (Å²) in [6, 6.07) is 5.62. The summed E-state index contributed by atoms with van der Waals surface area (Å²) >= 11 is 6.31. The number of nitriles is 1. The van der Waals surface area contributed by atoms with E-state index in [4.69, 9.17) is 31.5 Å². The van der Waals surface area contributed by atoms with Crippen LogP contribution in [-0.2, 0) is 17.8 Å². The van der Waals surface area contributed by atoms with E-state index in [2.05, 4.69) is 11.1 Å². The van der Waals surface area contributed by atoms with E-state index < -0.39 is 0 Å². The number of fused-ring (bicyclic) bond motifs is 1. The van der Waals surface area contributed by atoms with E-state index >= 15 is 0 Å². The van der Waals surface area contributed by atoms with Gasteiger partial charge in [-0.1, -0.05) is 18.5 Å². The molecule has 6 nitrogen and oxygen atoms in total. The molecule has 1 aromatic heterocycles. The molecule has 2 aromatic rings. The molecule has 0 spiro atoms. The number of ether oxygens (including phenoxy) is 3. The van der Waals surface area contributed by atoms with Crippen LogP contribution >= 0.6 is 11.6 Å². The average molecular weight is 374 g/mol. The van der Waals surface area contributed by atoms with E-state index in [-0.39, 0.29) is 5.82 Å². The molecule has 3 rings (SSSR count). The molecule has 0 saturated carbocycles. The Labute approximate surface area is 157 Å². The Morgan fingerprint density at radius 3 is 2.92 bits per heavy atom. The van der Waals surface area contributed by atoms with Crippen molar-refractivity contribution >= 4 is 17.4 Å². The van der Waals surface area contributed by atoms with Crippen LogP contribution in [0.2, 0.25) is 5.02 Å². The standard InChI is InChI=1S/C19H20ClN3O3/c1-3-5-26-18-12(7-11(20)8-16(18)24-2)17-13(9-21)19(22)23-15-4-6-25-10-14(15)17/h7-8H,3-6,10H2,1-2H3,(H2,22,23). The number of aromatic nitrogens is 1. The van der Waals surface area contributed by atoms with E-state index in [1.54, 1.807) is 19.2 Å². The number of halogens is 1. The normalized spacial score (nSPS) is 13.0. The number of pyridine rings is 1. The second-order valence-electron chi connectivity index (χ2n) is 5.92. The molecule has 0 aliphatic carbocycles. The highest BCUT2D eigenvalue weighted by atomic mass is 35.5. The highest BCUT2D eigenvalue weighted by Crippen LogP contribution is 2.45. The Bertz CT molecular complexity index is 878. The van der Waals surface area contributed by atoms with E-state index in [0.717, 1.165) is 17.7 Å². The third-order valence-electron chi connectivity index (χ3n) is 4.21. The Hall–Kier alpha value is -2.49. The minimum atomic E-state index is 0.198. The van der Waals surface area contributed by atoms with Crippen LogP contribution < -0.4 is 15.2 Å². The van der Waals surface area contributed by atoms with Crippen molar-refractivity contribution in [1.29, 1.82) is 5.26 Å². The lowest BCUT2D eigenvalue weighted by molar-refractivity contribution is 0.109. The molecule has 0 fully saturated rings. The highest BCUT2D eigenvalue weighted by Gasteiger charge is 2.26. The van der Waals surface area contributed by atoms with E-state index in [1.165, 1.54) is 0 Å². The van der Waals surface area contributed by atoms with Crippen molar-refractivity contribution in [2.45, 2.75) is 26.4 Å². The lowest BCUT2D eigenvalue weighted by Crippen LogP contribution is -2.16. The van der Waals surface area contributed by atoms with Crippen molar-refractivity contribution in [2.24, 2.45) is 0 Å². The second-order valence-corrected chi connectivity index (χ2v) is 6.36. The minimum absolute atomic E-state index is 0.198. The van der Waals surface area contributed by atoms with Crippen molar-refractivity contribution < 1.29 is 14.2 Å². The summed E-state index contributed by atoms with van der Waals surface area (Å²) in [5.41, 5.74) is 9.36. The van der Waals surface area contributed by atoms with Gasteiger partial charge in [0.05, 0.1) is 32.6 Å². The van der Waals surface area contributed by atoms with Gasteiger partial charge in [0.25, 0.3) is 0 Å². The van der Waals surface area contributed by atoms with Gasteiger partial charge in [0, 0.05) is 34.2 Å². The van der Waals surface area contributed by atoms with Crippen LogP contribution in [0.4, 0.5) is 5.82 Å². The molecule has 26 heavy (non-hydrogen) atoms. The third kappa shape index (κ3) is 3.28. The van der Waals surface area contributed by atoms with Gasteiger partial charge in [-0.3, -0.25) is 0 Å². The molecule has 7 heteroatoms. The van der Waals surface area contributed by atoms with Gasteiger partial charge in [0.1, 0.15) is 17.5 Å². The molecule has 1 aromatic carbocycles. The molecule has 0 radical (unpaired) electrons. The SMILES string of the molecule is CCCOc1c(OC)cc(Cl)cc1-c1c(C#N)c(N)nc2c1COCC2. The van der Waals surface area contributed by atoms with E-state index in [0.29, 0.717) is 59.5 Å². The number of benzene rings is 1.